The van der Waals surface area contributed by atoms with E-state index in [4.69, 9.17) is 10.5 Å². The van der Waals surface area contributed by atoms with Crippen molar-refractivity contribution in [2.75, 3.05) is 11.9 Å². The number of primary amides is 1. The van der Waals surface area contributed by atoms with E-state index >= 15 is 0 Å². The lowest BCUT2D eigenvalue weighted by molar-refractivity contribution is -0.129. The van der Waals surface area contributed by atoms with E-state index in [0.29, 0.717) is 17.1 Å². The fourth-order valence-electron chi connectivity index (χ4n) is 3.09. The van der Waals surface area contributed by atoms with Crippen molar-refractivity contribution < 1.29 is 14.3 Å². The molecule has 0 saturated carbocycles. The summed E-state index contributed by atoms with van der Waals surface area (Å²) in [5.41, 5.74) is 6.50. The second-order valence-electron chi connectivity index (χ2n) is 6.60. The van der Waals surface area contributed by atoms with E-state index in [1.807, 2.05) is 36.9 Å². The number of carbonyl (C=O) groups is 2. The Hall–Kier alpha value is -3.02. The van der Waals surface area contributed by atoms with Crippen molar-refractivity contribution in [1.82, 2.24) is 4.90 Å². The Bertz CT molecular complexity index is 819. The monoisotopic (exact) mass is 353 g/mol. The Labute approximate surface area is 152 Å². The number of nitrogens with zero attached hydrogens (tertiary/aromatic N) is 1. The van der Waals surface area contributed by atoms with Crippen LogP contribution in [0.4, 0.5) is 5.69 Å². The highest BCUT2D eigenvalue weighted by atomic mass is 16.5. The third-order valence-electron chi connectivity index (χ3n) is 4.42. The van der Waals surface area contributed by atoms with Gasteiger partial charge in [-0.1, -0.05) is 18.2 Å². The molecule has 1 aliphatic rings. The molecule has 26 heavy (non-hydrogen) atoms. The first-order valence-corrected chi connectivity index (χ1v) is 8.69. The van der Waals surface area contributed by atoms with Crippen molar-refractivity contribution in [3.8, 4) is 11.5 Å². The highest BCUT2D eigenvalue weighted by Gasteiger charge is 2.32. The summed E-state index contributed by atoms with van der Waals surface area (Å²) in [5.74, 6) is 0.542. The van der Waals surface area contributed by atoms with Gasteiger partial charge < -0.3 is 20.7 Å². The molecule has 2 aromatic rings. The molecule has 3 rings (SSSR count). The predicted octanol–water partition coefficient (Wildman–Crippen LogP) is 3.00. The second kappa shape index (κ2) is 7.47. The first-order valence-electron chi connectivity index (χ1n) is 8.69. The molecule has 6 nitrogen and oxygen atoms in total. The van der Waals surface area contributed by atoms with Gasteiger partial charge in [0.1, 0.15) is 17.5 Å². The zero-order valence-electron chi connectivity index (χ0n) is 14.9. The SMILES string of the molecule is CC(C)N1CCC(Nc2cccc(Oc3ccccc3C(N)=O)c2)C1=O. The molecule has 1 fully saturated rings. The van der Waals surface area contributed by atoms with Crippen molar-refractivity contribution in [3.05, 3.63) is 54.1 Å². The Morgan fingerprint density at radius 1 is 1.23 bits per heavy atom. The number of ether oxygens (including phenoxy) is 1. The average molecular weight is 353 g/mol. The van der Waals surface area contributed by atoms with E-state index in [1.54, 1.807) is 30.3 Å². The fraction of sp³-hybridized carbons (Fsp3) is 0.300. The molecule has 2 amide bonds. The maximum atomic E-state index is 12.4. The lowest BCUT2D eigenvalue weighted by Gasteiger charge is -2.21. The molecule has 0 radical (unpaired) electrons. The van der Waals surface area contributed by atoms with E-state index in [9.17, 15) is 9.59 Å². The summed E-state index contributed by atoms with van der Waals surface area (Å²) in [6, 6.07) is 14.1. The topological polar surface area (TPSA) is 84.7 Å². The molecule has 6 heteroatoms. The molecule has 0 aromatic heterocycles. The van der Waals surface area contributed by atoms with Crippen molar-refractivity contribution in [2.24, 2.45) is 5.73 Å². The van der Waals surface area contributed by atoms with Crippen LogP contribution in [-0.4, -0.2) is 35.3 Å². The summed E-state index contributed by atoms with van der Waals surface area (Å²) in [6.07, 6.45) is 0.770. The van der Waals surface area contributed by atoms with Crippen LogP contribution < -0.4 is 15.8 Å². The molecule has 3 N–H and O–H groups in total. The number of likely N-dealkylation sites (tertiary alicyclic amines) is 1. The maximum Gasteiger partial charge on any atom is 0.252 e. The highest BCUT2D eigenvalue weighted by Crippen LogP contribution is 2.28. The number of hydrogen-bond acceptors (Lipinski definition) is 4. The summed E-state index contributed by atoms with van der Waals surface area (Å²) >= 11 is 0. The average Bonchev–Trinajstić information content (AvgIpc) is 2.96. The number of benzene rings is 2. The number of hydrogen-bond donors (Lipinski definition) is 2. The number of para-hydroxylation sites is 1. The maximum absolute atomic E-state index is 12.4. The first kappa shape index (κ1) is 17.8. The highest BCUT2D eigenvalue weighted by molar-refractivity contribution is 5.95. The van der Waals surface area contributed by atoms with Gasteiger partial charge in [-0.2, -0.15) is 0 Å². The van der Waals surface area contributed by atoms with Crippen LogP contribution in [0.1, 0.15) is 30.6 Å². The largest absolute Gasteiger partial charge is 0.456 e. The Morgan fingerprint density at radius 3 is 2.69 bits per heavy atom. The predicted molar refractivity (Wildman–Crippen MR) is 100 cm³/mol. The molecule has 1 atom stereocenters. The van der Waals surface area contributed by atoms with E-state index in [1.165, 1.54) is 0 Å². The van der Waals surface area contributed by atoms with E-state index in [2.05, 4.69) is 5.32 Å². The normalized spacial score (nSPS) is 16.8. The van der Waals surface area contributed by atoms with Crippen LogP contribution in [0.5, 0.6) is 11.5 Å². The van der Waals surface area contributed by atoms with Gasteiger partial charge in [0.2, 0.25) is 5.91 Å². The van der Waals surface area contributed by atoms with Crippen LogP contribution in [-0.2, 0) is 4.79 Å². The number of nitrogens with two attached hydrogens (primary N) is 1. The van der Waals surface area contributed by atoms with Crippen LogP contribution in [0.2, 0.25) is 0 Å². The third kappa shape index (κ3) is 3.79. The van der Waals surface area contributed by atoms with Crippen molar-refractivity contribution in [1.29, 1.82) is 0 Å². The van der Waals surface area contributed by atoms with Crippen LogP contribution in [0.25, 0.3) is 0 Å². The first-order chi connectivity index (χ1) is 12.5. The van der Waals surface area contributed by atoms with Gasteiger partial charge in [0, 0.05) is 24.3 Å². The van der Waals surface area contributed by atoms with Crippen LogP contribution in [0.15, 0.2) is 48.5 Å². The standard InChI is InChI=1S/C20H23N3O3/c1-13(2)23-11-10-17(20(23)25)22-14-6-5-7-15(12-14)26-18-9-4-3-8-16(18)19(21)24/h3-9,12-13,17,22H,10-11H2,1-2H3,(H2,21,24). The van der Waals surface area contributed by atoms with E-state index in [0.717, 1.165) is 18.7 Å². The summed E-state index contributed by atoms with van der Waals surface area (Å²) in [4.78, 5) is 25.8. The summed E-state index contributed by atoms with van der Waals surface area (Å²) in [7, 11) is 0. The second-order valence-corrected chi connectivity index (χ2v) is 6.60. The number of carbonyl (C=O) groups excluding carboxylic acids is 2. The van der Waals surface area contributed by atoms with Crippen LogP contribution in [0, 0.1) is 0 Å². The zero-order valence-corrected chi connectivity index (χ0v) is 14.9. The number of amides is 2. The molecule has 2 aromatic carbocycles. The summed E-state index contributed by atoms with van der Waals surface area (Å²) in [5, 5.41) is 3.28. The molecule has 1 saturated heterocycles. The molecular weight excluding hydrogens is 330 g/mol. The van der Waals surface area contributed by atoms with E-state index in [-0.39, 0.29) is 18.0 Å². The molecule has 0 aliphatic carbocycles. The Morgan fingerprint density at radius 2 is 2.00 bits per heavy atom. The molecule has 0 bridgehead atoms. The van der Waals surface area contributed by atoms with Crippen molar-refractivity contribution in [2.45, 2.75) is 32.4 Å². The quantitative estimate of drug-likeness (QED) is 0.836. The van der Waals surface area contributed by atoms with Crippen molar-refractivity contribution in [3.63, 3.8) is 0 Å². The van der Waals surface area contributed by atoms with Gasteiger partial charge in [-0.3, -0.25) is 9.59 Å². The number of rotatable bonds is 6. The molecule has 1 aliphatic heterocycles. The molecule has 1 heterocycles. The molecular formula is C20H23N3O3. The number of anilines is 1. The number of nitrogens with one attached hydrogen (secondary N) is 1. The van der Waals surface area contributed by atoms with Crippen molar-refractivity contribution >= 4 is 17.5 Å². The summed E-state index contributed by atoms with van der Waals surface area (Å²) in [6.45, 7) is 4.80. The fourth-order valence-corrected chi connectivity index (χ4v) is 3.09. The minimum atomic E-state index is -0.541. The zero-order chi connectivity index (χ0) is 18.7. The van der Waals surface area contributed by atoms with Crippen LogP contribution >= 0.6 is 0 Å². The van der Waals surface area contributed by atoms with Gasteiger partial charge in [-0.25, -0.2) is 0 Å². The third-order valence-corrected chi connectivity index (χ3v) is 4.42. The minimum absolute atomic E-state index is 0.116. The Balaban J connectivity index is 1.74. The lowest BCUT2D eigenvalue weighted by atomic mass is 10.2. The van der Waals surface area contributed by atoms with Gasteiger partial charge in [0.15, 0.2) is 0 Å². The summed E-state index contributed by atoms with van der Waals surface area (Å²) < 4.78 is 5.83. The molecule has 136 valence electrons. The van der Waals surface area contributed by atoms with E-state index < -0.39 is 5.91 Å². The van der Waals surface area contributed by atoms with Gasteiger partial charge in [0.05, 0.1) is 5.56 Å². The van der Waals surface area contributed by atoms with Crippen LogP contribution in [0.3, 0.4) is 0 Å². The van der Waals surface area contributed by atoms with Gasteiger partial charge in [0.25, 0.3) is 5.91 Å². The molecule has 0 spiro atoms. The Kier molecular flexibility index (Phi) is 5.11. The minimum Gasteiger partial charge on any atom is -0.456 e. The van der Waals surface area contributed by atoms with Gasteiger partial charge in [-0.15, -0.1) is 0 Å². The van der Waals surface area contributed by atoms with Gasteiger partial charge in [-0.05, 0) is 44.5 Å². The smallest absolute Gasteiger partial charge is 0.252 e. The van der Waals surface area contributed by atoms with Gasteiger partial charge >= 0.3 is 0 Å². The molecule has 1 unspecified atom stereocenters. The lowest BCUT2D eigenvalue weighted by Crippen LogP contribution is -2.37.